The van der Waals surface area contributed by atoms with E-state index in [-0.39, 0.29) is 0 Å². The van der Waals surface area contributed by atoms with E-state index in [0.29, 0.717) is 11.4 Å². The second-order valence-electron chi connectivity index (χ2n) is 4.20. The van der Waals surface area contributed by atoms with E-state index in [1.807, 2.05) is 17.5 Å². The Kier molecular flexibility index (Phi) is 2.12. The number of rotatable bonds is 1. The van der Waals surface area contributed by atoms with Crippen LogP contribution < -0.4 is 11.5 Å². The summed E-state index contributed by atoms with van der Waals surface area (Å²) < 4.78 is 7.81. The van der Waals surface area contributed by atoms with Gasteiger partial charge in [0.15, 0.2) is 10.8 Å². The van der Waals surface area contributed by atoms with Crippen molar-refractivity contribution in [2.75, 3.05) is 11.5 Å². The van der Waals surface area contributed by atoms with Gasteiger partial charge in [-0.15, -0.1) is 22.7 Å². The number of nitrogen functional groups attached to an aromatic ring is 2. The molecule has 4 rings (SSSR count). The maximum absolute atomic E-state index is 5.96. The van der Waals surface area contributed by atoms with Crippen molar-refractivity contribution in [1.29, 1.82) is 0 Å². The highest BCUT2D eigenvalue weighted by Crippen LogP contribution is 2.38. The van der Waals surface area contributed by atoms with Gasteiger partial charge in [0.1, 0.15) is 11.1 Å². The minimum Gasteiger partial charge on any atom is -0.453 e. The zero-order valence-corrected chi connectivity index (χ0v) is 11.3. The lowest BCUT2D eigenvalue weighted by Gasteiger charge is -1.96. The average Bonchev–Trinajstić information content (AvgIpc) is 3.05. The lowest BCUT2D eigenvalue weighted by Crippen LogP contribution is -1.89. The highest BCUT2D eigenvalue weighted by Gasteiger charge is 2.14. The summed E-state index contributed by atoms with van der Waals surface area (Å²) in [5.41, 5.74) is 14.9. The summed E-state index contributed by atoms with van der Waals surface area (Å²) in [7, 11) is 0. The minimum absolute atomic E-state index is 0.639. The summed E-state index contributed by atoms with van der Waals surface area (Å²) in [6.07, 6.45) is 0. The fourth-order valence-corrected chi connectivity index (χ4v) is 3.74. The zero-order valence-electron chi connectivity index (χ0n) is 9.71. The predicted molar refractivity (Wildman–Crippen MR) is 81.5 cm³/mol. The van der Waals surface area contributed by atoms with Gasteiger partial charge < -0.3 is 15.9 Å². The van der Waals surface area contributed by atoms with Crippen molar-refractivity contribution in [2.24, 2.45) is 0 Å². The molecule has 94 valence electrons. The molecule has 4 aromatic rings. The maximum Gasteiger partial charge on any atom is 0.164 e. The highest BCUT2D eigenvalue weighted by molar-refractivity contribution is 7.22. The summed E-state index contributed by atoms with van der Waals surface area (Å²) in [4.78, 5) is 4.54. The number of hydrogen-bond acceptors (Lipinski definition) is 6. The third kappa shape index (κ3) is 1.54. The normalized spacial score (nSPS) is 11.6. The van der Waals surface area contributed by atoms with Gasteiger partial charge in [-0.05, 0) is 23.6 Å². The van der Waals surface area contributed by atoms with E-state index >= 15 is 0 Å². The average molecular weight is 287 g/mol. The molecule has 4 N–H and O–H groups in total. The van der Waals surface area contributed by atoms with Gasteiger partial charge in [-0.3, -0.25) is 0 Å². The van der Waals surface area contributed by atoms with E-state index in [1.165, 1.54) is 11.3 Å². The third-order valence-electron chi connectivity index (χ3n) is 2.96. The number of anilines is 2. The Balaban J connectivity index is 1.98. The van der Waals surface area contributed by atoms with Crippen LogP contribution in [0.3, 0.4) is 0 Å². The van der Waals surface area contributed by atoms with Gasteiger partial charge in [-0.1, -0.05) is 0 Å². The zero-order chi connectivity index (χ0) is 13.0. The van der Waals surface area contributed by atoms with Crippen molar-refractivity contribution in [1.82, 2.24) is 4.98 Å². The summed E-state index contributed by atoms with van der Waals surface area (Å²) in [5.74, 6) is 0.766. The summed E-state index contributed by atoms with van der Waals surface area (Å²) in [5, 5.41) is 2.81. The van der Waals surface area contributed by atoms with E-state index < -0.39 is 0 Å². The van der Waals surface area contributed by atoms with Crippen molar-refractivity contribution in [3.8, 4) is 10.8 Å². The molecule has 0 saturated carbocycles. The molecular weight excluding hydrogens is 278 g/mol. The number of nitrogens with two attached hydrogens (primary N) is 2. The number of thiophene rings is 1. The molecule has 3 heterocycles. The van der Waals surface area contributed by atoms with Crippen LogP contribution in [0.25, 0.3) is 31.3 Å². The van der Waals surface area contributed by atoms with Crippen LogP contribution >= 0.6 is 22.7 Å². The third-order valence-corrected chi connectivity index (χ3v) is 4.92. The lowest BCUT2D eigenvalue weighted by atomic mass is 10.2. The van der Waals surface area contributed by atoms with Crippen LogP contribution in [-0.2, 0) is 0 Å². The molecule has 0 fully saturated rings. The monoisotopic (exact) mass is 287 g/mol. The molecule has 0 aliphatic rings. The van der Waals surface area contributed by atoms with Crippen LogP contribution in [-0.4, -0.2) is 4.98 Å². The van der Waals surface area contributed by atoms with Crippen molar-refractivity contribution >= 4 is 54.5 Å². The van der Waals surface area contributed by atoms with Crippen LogP contribution in [0.5, 0.6) is 0 Å². The summed E-state index contributed by atoms with van der Waals surface area (Å²) >= 11 is 3.15. The molecule has 1 aromatic carbocycles. The van der Waals surface area contributed by atoms with E-state index in [0.717, 1.165) is 31.3 Å². The SMILES string of the molecule is Nc1ccc(N)c2sc(-c3cc4sccc4o3)nc12. The van der Waals surface area contributed by atoms with Gasteiger partial charge in [0.05, 0.1) is 20.8 Å². The van der Waals surface area contributed by atoms with Gasteiger partial charge in [-0.25, -0.2) is 4.98 Å². The number of nitrogens with zero attached hydrogens (tertiary/aromatic N) is 1. The molecule has 0 unspecified atom stereocenters. The summed E-state index contributed by atoms with van der Waals surface area (Å²) in [6, 6.07) is 7.55. The van der Waals surface area contributed by atoms with Gasteiger partial charge >= 0.3 is 0 Å². The fraction of sp³-hybridized carbons (Fsp3) is 0. The Morgan fingerprint density at radius 1 is 1.11 bits per heavy atom. The first-order valence-electron chi connectivity index (χ1n) is 5.64. The Labute approximate surface area is 116 Å². The maximum atomic E-state index is 5.96. The van der Waals surface area contributed by atoms with Crippen LogP contribution in [0.4, 0.5) is 11.4 Å². The first-order valence-corrected chi connectivity index (χ1v) is 7.34. The second-order valence-corrected chi connectivity index (χ2v) is 6.15. The Bertz CT molecular complexity index is 836. The van der Waals surface area contributed by atoms with Gasteiger partial charge in [-0.2, -0.15) is 0 Å². The Morgan fingerprint density at radius 2 is 1.95 bits per heavy atom. The molecule has 4 nitrogen and oxygen atoms in total. The van der Waals surface area contributed by atoms with Crippen molar-refractivity contribution in [3.63, 3.8) is 0 Å². The molecule has 0 bridgehead atoms. The Morgan fingerprint density at radius 3 is 2.74 bits per heavy atom. The van der Waals surface area contributed by atoms with Crippen molar-refractivity contribution < 1.29 is 4.42 Å². The quantitative estimate of drug-likeness (QED) is 0.520. The minimum atomic E-state index is 0.639. The number of aromatic nitrogens is 1. The standard InChI is InChI=1S/C13H9N3OS2/c14-6-1-2-7(15)12-11(6)16-13(19-12)9-5-10-8(17-9)3-4-18-10/h1-5H,14-15H2. The number of benzene rings is 1. The van der Waals surface area contributed by atoms with Crippen molar-refractivity contribution in [2.45, 2.75) is 0 Å². The molecule has 0 aliphatic heterocycles. The van der Waals surface area contributed by atoms with Crippen LogP contribution in [0.15, 0.2) is 34.1 Å². The largest absolute Gasteiger partial charge is 0.453 e. The molecular formula is C13H9N3OS2. The molecule has 0 aliphatic carbocycles. The first kappa shape index (κ1) is 10.8. The second kappa shape index (κ2) is 3.72. The summed E-state index contributed by atoms with van der Waals surface area (Å²) in [6.45, 7) is 0. The van der Waals surface area contributed by atoms with Gasteiger partial charge in [0.2, 0.25) is 0 Å². The van der Waals surface area contributed by atoms with E-state index in [2.05, 4.69) is 4.98 Å². The molecule has 19 heavy (non-hydrogen) atoms. The molecule has 6 heteroatoms. The van der Waals surface area contributed by atoms with E-state index in [9.17, 15) is 0 Å². The molecule has 0 saturated heterocycles. The van der Waals surface area contributed by atoms with E-state index in [1.54, 1.807) is 23.5 Å². The lowest BCUT2D eigenvalue weighted by molar-refractivity contribution is 0.632. The first-order chi connectivity index (χ1) is 9.22. The molecule has 0 radical (unpaired) electrons. The topological polar surface area (TPSA) is 78.1 Å². The molecule has 0 atom stereocenters. The van der Waals surface area contributed by atoms with Gasteiger partial charge in [0, 0.05) is 6.07 Å². The van der Waals surface area contributed by atoms with Gasteiger partial charge in [0.25, 0.3) is 0 Å². The number of fused-ring (bicyclic) bond motifs is 2. The molecule has 0 spiro atoms. The van der Waals surface area contributed by atoms with Crippen LogP contribution in [0.2, 0.25) is 0 Å². The number of hydrogen-bond donors (Lipinski definition) is 2. The molecule has 0 amide bonds. The molecule has 3 aromatic heterocycles. The Hall–Kier alpha value is -2.05. The van der Waals surface area contributed by atoms with Crippen LogP contribution in [0.1, 0.15) is 0 Å². The number of furan rings is 1. The smallest absolute Gasteiger partial charge is 0.164 e. The fourth-order valence-electron chi connectivity index (χ4n) is 2.02. The number of thiazole rings is 1. The van der Waals surface area contributed by atoms with Crippen LogP contribution in [0, 0.1) is 0 Å². The highest BCUT2D eigenvalue weighted by atomic mass is 32.1. The predicted octanol–water partition coefficient (Wildman–Crippen LogP) is 3.94. The van der Waals surface area contributed by atoms with E-state index in [4.69, 9.17) is 15.9 Å². The van der Waals surface area contributed by atoms with Crippen molar-refractivity contribution in [3.05, 3.63) is 29.6 Å².